The minimum atomic E-state index is 0.599. The third-order valence-corrected chi connectivity index (χ3v) is 6.08. The number of rotatable bonds is 4. The molecule has 2 heterocycles. The molecular weight excluding hydrogens is 318 g/mol. The van der Waals surface area contributed by atoms with Gasteiger partial charge in [0, 0.05) is 37.4 Å². The highest BCUT2D eigenvalue weighted by molar-refractivity contribution is 5.79. The number of hydrogen-bond acceptors (Lipinski definition) is 3. The summed E-state index contributed by atoms with van der Waals surface area (Å²) in [4.78, 5) is 7.77. The Morgan fingerprint density at radius 2 is 1.62 bits per heavy atom. The smallest absolute Gasteiger partial charge is 0.0649 e. The Labute approximate surface area is 158 Å². The average molecular weight is 350 g/mol. The molecule has 0 aliphatic carbocycles. The summed E-state index contributed by atoms with van der Waals surface area (Å²) in [6.45, 7) is 9.31. The van der Waals surface area contributed by atoms with Gasteiger partial charge >= 0.3 is 0 Å². The maximum atomic E-state index is 2.72. The summed E-state index contributed by atoms with van der Waals surface area (Å²) in [5, 5.41) is 0. The SMILES string of the molecule is CC(CN1CCN(c2ccccc2)c2ccccc21)N1CCCC[C@H]1C. The minimum absolute atomic E-state index is 0.599. The predicted molar refractivity (Wildman–Crippen MR) is 112 cm³/mol. The summed E-state index contributed by atoms with van der Waals surface area (Å²) < 4.78 is 0. The van der Waals surface area contributed by atoms with Gasteiger partial charge in [-0.1, -0.05) is 36.8 Å². The Balaban J connectivity index is 1.54. The number of likely N-dealkylation sites (tertiary alicyclic amines) is 1. The number of piperidine rings is 1. The van der Waals surface area contributed by atoms with Crippen LogP contribution in [0.1, 0.15) is 33.1 Å². The second-order valence-corrected chi connectivity index (χ2v) is 7.85. The van der Waals surface area contributed by atoms with Crippen molar-refractivity contribution in [1.29, 1.82) is 0 Å². The molecule has 1 unspecified atom stereocenters. The molecule has 2 aromatic carbocycles. The zero-order valence-corrected chi connectivity index (χ0v) is 16.1. The van der Waals surface area contributed by atoms with Crippen LogP contribution in [0.4, 0.5) is 17.1 Å². The van der Waals surface area contributed by atoms with Gasteiger partial charge in [-0.3, -0.25) is 4.90 Å². The van der Waals surface area contributed by atoms with E-state index in [1.807, 2.05) is 0 Å². The number of anilines is 3. The van der Waals surface area contributed by atoms with Crippen molar-refractivity contribution in [1.82, 2.24) is 4.90 Å². The first-order valence-electron chi connectivity index (χ1n) is 10.2. The molecule has 0 radical (unpaired) electrons. The second kappa shape index (κ2) is 7.71. The molecule has 2 aromatic rings. The molecule has 1 fully saturated rings. The van der Waals surface area contributed by atoms with Gasteiger partial charge in [-0.25, -0.2) is 0 Å². The Bertz CT molecular complexity index is 714. The van der Waals surface area contributed by atoms with E-state index in [0.717, 1.165) is 25.7 Å². The number of fused-ring (bicyclic) bond motifs is 1. The van der Waals surface area contributed by atoms with E-state index in [2.05, 4.69) is 83.1 Å². The summed E-state index contributed by atoms with van der Waals surface area (Å²) in [5.41, 5.74) is 4.00. The highest BCUT2D eigenvalue weighted by atomic mass is 15.3. The molecule has 3 nitrogen and oxygen atoms in total. The summed E-state index contributed by atoms with van der Waals surface area (Å²) in [7, 11) is 0. The molecule has 26 heavy (non-hydrogen) atoms. The first-order chi connectivity index (χ1) is 12.7. The highest BCUT2D eigenvalue weighted by Gasteiger charge is 2.28. The van der Waals surface area contributed by atoms with Crippen LogP contribution in [0.5, 0.6) is 0 Å². The van der Waals surface area contributed by atoms with Crippen molar-refractivity contribution in [2.75, 3.05) is 36.0 Å². The number of nitrogens with zero attached hydrogens (tertiary/aromatic N) is 3. The molecule has 1 saturated heterocycles. The largest absolute Gasteiger partial charge is 0.367 e. The zero-order chi connectivity index (χ0) is 17.9. The molecule has 0 bridgehead atoms. The van der Waals surface area contributed by atoms with Gasteiger partial charge in [0.2, 0.25) is 0 Å². The summed E-state index contributed by atoms with van der Waals surface area (Å²) >= 11 is 0. The van der Waals surface area contributed by atoms with Crippen molar-refractivity contribution in [2.24, 2.45) is 0 Å². The standard InChI is InChI=1S/C23H31N3/c1-19-10-8-9-15-25(19)20(2)18-24-16-17-26(21-11-4-3-5-12-21)23-14-7-6-13-22(23)24/h3-7,11-14,19-20H,8-10,15-18H2,1-2H3/t19-,20?/m1/s1. The monoisotopic (exact) mass is 349 g/mol. The van der Waals surface area contributed by atoms with Gasteiger partial charge in [0.15, 0.2) is 0 Å². The van der Waals surface area contributed by atoms with Crippen LogP contribution in [0.2, 0.25) is 0 Å². The summed E-state index contributed by atoms with van der Waals surface area (Å²) in [6.07, 6.45) is 4.10. The van der Waals surface area contributed by atoms with Gasteiger partial charge in [0.1, 0.15) is 0 Å². The fraction of sp³-hybridized carbons (Fsp3) is 0.478. The second-order valence-electron chi connectivity index (χ2n) is 7.85. The van der Waals surface area contributed by atoms with Gasteiger partial charge in [-0.15, -0.1) is 0 Å². The summed E-state index contributed by atoms with van der Waals surface area (Å²) in [6, 6.07) is 21.0. The topological polar surface area (TPSA) is 9.72 Å². The van der Waals surface area contributed by atoms with E-state index < -0.39 is 0 Å². The molecular formula is C23H31N3. The van der Waals surface area contributed by atoms with E-state index in [9.17, 15) is 0 Å². The lowest BCUT2D eigenvalue weighted by atomic mass is 10.0. The maximum absolute atomic E-state index is 2.72. The fourth-order valence-electron chi connectivity index (χ4n) is 4.69. The fourth-order valence-corrected chi connectivity index (χ4v) is 4.69. The van der Waals surface area contributed by atoms with E-state index in [-0.39, 0.29) is 0 Å². The Morgan fingerprint density at radius 1 is 0.885 bits per heavy atom. The van der Waals surface area contributed by atoms with Crippen molar-refractivity contribution in [2.45, 2.75) is 45.2 Å². The van der Waals surface area contributed by atoms with E-state index in [1.54, 1.807) is 0 Å². The Hall–Kier alpha value is -2.00. The molecule has 2 atom stereocenters. The first kappa shape index (κ1) is 17.4. The van der Waals surface area contributed by atoms with Crippen molar-refractivity contribution in [3.63, 3.8) is 0 Å². The van der Waals surface area contributed by atoms with Gasteiger partial charge in [-0.05, 0) is 57.5 Å². The van der Waals surface area contributed by atoms with Crippen LogP contribution in [-0.2, 0) is 0 Å². The molecule has 0 spiro atoms. The molecule has 0 N–H and O–H groups in total. The van der Waals surface area contributed by atoms with Crippen molar-refractivity contribution in [3.05, 3.63) is 54.6 Å². The van der Waals surface area contributed by atoms with Crippen LogP contribution in [0.25, 0.3) is 0 Å². The maximum Gasteiger partial charge on any atom is 0.0649 e. The molecule has 0 saturated carbocycles. The third-order valence-electron chi connectivity index (χ3n) is 6.08. The van der Waals surface area contributed by atoms with Gasteiger partial charge < -0.3 is 9.80 Å². The van der Waals surface area contributed by atoms with Crippen molar-refractivity contribution >= 4 is 17.1 Å². The molecule has 2 aliphatic rings. The highest BCUT2D eigenvalue weighted by Crippen LogP contribution is 2.37. The van der Waals surface area contributed by atoms with Crippen LogP contribution in [0.15, 0.2) is 54.6 Å². The molecule has 3 heteroatoms. The predicted octanol–water partition coefficient (Wildman–Crippen LogP) is 4.91. The van der Waals surface area contributed by atoms with Crippen LogP contribution in [0, 0.1) is 0 Å². The first-order valence-corrected chi connectivity index (χ1v) is 10.2. The molecule has 0 aromatic heterocycles. The average Bonchev–Trinajstić information content (AvgIpc) is 2.69. The normalized spacial score (nSPS) is 22.2. The molecule has 2 aliphatic heterocycles. The van der Waals surface area contributed by atoms with Crippen molar-refractivity contribution in [3.8, 4) is 0 Å². The molecule has 138 valence electrons. The zero-order valence-electron chi connectivity index (χ0n) is 16.1. The van der Waals surface area contributed by atoms with Crippen LogP contribution < -0.4 is 9.80 Å². The van der Waals surface area contributed by atoms with Gasteiger partial charge in [0.05, 0.1) is 11.4 Å². The van der Waals surface area contributed by atoms with Crippen LogP contribution >= 0.6 is 0 Å². The minimum Gasteiger partial charge on any atom is -0.367 e. The molecule has 4 rings (SSSR count). The van der Waals surface area contributed by atoms with Gasteiger partial charge in [0.25, 0.3) is 0 Å². The van der Waals surface area contributed by atoms with E-state index >= 15 is 0 Å². The number of hydrogen-bond donors (Lipinski definition) is 0. The summed E-state index contributed by atoms with van der Waals surface area (Å²) in [5.74, 6) is 0. The lowest BCUT2D eigenvalue weighted by Gasteiger charge is -2.44. The number of benzene rings is 2. The van der Waals surface area contributed by atoms with Gasteiger partial charge in [-0.2, -0.15) is 0 Å². The Morgan fingerprint density at radius 3 is 2.38 bits per heavy atom. The molecule has 0 amide bonds. The van der Waals surface area contributed by atoms with E-state index in [1.165, 1.54) is 42.9 Å². The quantitative estimate of drug-likeness (QED) is 0.777. The lowest BCUT2D eigenvalue weighted by molar-refractivity contribution is 0.117. The Kier molecular flexibility index (Phi) is 5.16. The van der Waals surface area contributed by atoms with Crippen LogP contribution in [0.3, 0.4) is 0 Å². The number of para-hydroxylation sites is 3. The van der Waals surface area contributed by atoms with E-state index in [4.69, 9.17) is 0 Å². The third kappa shape index (κ3) is 3.45. The lowest BCUT2D eigenvalue weighted by Crippen LogP contribution is -2.50. The van der Waals surface area contributed by atoms with Crippen LogP contribution in [-0.4, -0.2) is 43.2 Å². The van der Waals surface area contributed by atoms with Crippen molar-refractivity contribution < 1.29 is 0 Å². The van der Waals surface area contributed by atoms with E-state index in [0.29, 0.717) is 6.04 Å².